The number of phosphoric ester groups is 1. The first-order chi connectivity index (χ1) is 35.9. The molecule has 9 nitrogen and oxygen atoms in total. The van der Waals surface area contributed by atoms with E-state index in [0.29, 0.717) is 23.9 Å². The van der Waals surface area contributed by atoms with Crippen molar-refractivity contribution in [3.8, 4) is 0 Å². The topological polar surface area (TPSA) is 114 Å². The van der Waals surface area contributed by atoms with E-state index in [9.17, 15) is 19.0 Å². The number of ether oxygens (including phenoxy) is 1. The summed E-state index contributed by atoms with van der Waals surface area (Å²) in [6.07, 6.45) is 67.5. The minimum atomic E-state index is -4.70. The van der Waals surface area contributed by atoms with Crippen LogP contribution in [0.15, 0.2) is 60.8 Å². The number of phosphoric acid groups is 1. The Morgan fingerprint density at radius 1 is 0.473 bits per heavy atom. The Labute approximate surface area is 458 Å². The Hall–Kier alpha value is -2.29. The van der Waals surface area contributed by atoms with Gasteiger partial charge in [-0.05, 0) is 96.0 Å². The average molecular weight is 1060 g/mol. The van der Waals surface area contributed by atoms with Crippen molar-refractivity contribution >= 4 is 19.7 Å². The number of esters is 1. The van der Waals surface area contributed by atoms with Crippen molar-refractivity contribution in [3.63, 3.8) is 0 Å². The van der Waals surface area contributed by atoms with Gasteiger partial charge in [0.15, 0.2) is 0 Å². The van der Waals surface area contributed by atoms with E-state index in [4.69, 9.17) is 13.8 Å². The summed E-state index contributed by atoms with van der Waals surface area (Å²) in [5.74, 6) is -0.556. The molecular formula is C64H119N2O7P. The molecule has 0 aliphatic rings. The zero-order valence-corrected chi connectivity index (χ0v) is 50.2. The first kappa shape index (κ1) is 71.7. The van der Waals surface area contributed by atoms with E-state index in [1.807, 2.05) is 33.3 Å². The maximum absolute atomic E-state index is 13.5. The average Bonchev–Trinajstić information content (AvgIpc) is 3.36. The third-order valence-electron chi connectivity index (χ3n) is 13.7. The van der Waals surface area contributed by atoms with E-state index >= 15 is 0 Å². The van der Waals surface area contributed by atoms with Crippen molar-refractivity contribution in [1.82, 2.24) is 5.32 Å². The minimum Gasteiger partial charge on any atom is -0.756 e. The van der Waals surface area contributed by atoms with Crippen molar-refractivity contribution < 1.29 is 37.3 Å². The Morgan fingerprint density at radius 2 is 0.824 bits per heavy atom. The molecule has 0 bridgehead atoms. The third kappa shape index (κ3) is 54.5. The number of rotatable bonds is 56. The highest BCUT2D eigenvalue weighted by Crippen LogP contribution is 2.38. The molecule has 74 heavy (non-hydrogen) atoms. The van der Waals surface area contributed by atoms with Crippen LogP contribution in [0.3, 0.4) is 0 Å². The molecule has 0 heterocycles. The van der Waals surface area contributed by atoms with Crippen LogP contribution in [-0.4, -0.2) is 69.4 Å². The van der Waals surface area contributed by atoms with Crippen LogP contribution in [0.1, 0.15) is 284 Å². The van der Waals surface area contributed by atoms with Gasteiger partial charge in [0.05, 0.1) is 33.8 Å². The van der Waals surface area contributed by atoms with Gasteiger partial charge in [-0.2, -0.15) is 0 Å². The number of quaternary nitrogens is 1. The maximum atomic E-state index is 13.5. The maximum Gasteiger partial charge on any atom is 0.306 e. The molecule has 432 valence electrons. The summed E-state index contributed by atoms with van der Waals surface area (Å²) in [6, 6.07) is -0.896. The standard InChI is InChI=1S/C64H119N2O7P/c1-7-10-13-16-19-22-25-28-30-32-33-35-37-39-42-45-48-51-54-57-64(68)73-62(55-52-49-46-43-40-27-24-21-18-15-12-9-3)61(60-72-74(69,70)71-59-58-66(4,5)6)65-63(67)56-53-50-47-44-41-38-36-34-31-29-26-23-20-17-14-11-8-2/h19,22,28-31,33,35,52,55,61-62H,7-18,20-21,23-27,32,34,36-51,53-54,56-60H2,1-6H3,(H-,65,67,69,70)/b22-19-,30-28-,31-29+,35-33-,55-52+. The number of nitrogens with one attached hydrogen (secondary N) is 1. The fourth-order valence-electron chi connectivity index (χ4n) is 8.82. The molecule has 0 aromatic rings. The zero-order chi connectivity index (χ0) is 54.3. The van der Waals surface area contributed by atoms with E-state index in [-0.39, 0.29) is 24.9 Å². The van der Waals surface area contributed by atoms with Crippen molar-refractivity contribution in [2.75, 3.05) is 40.9 Å². The lowest BCUT2D eigenvalue weighted by atomic mass is 10.0. The fourth-order valence-corrected chi connectivity index (χ4v) is 9.54. The van der Waals surface area contributed by atoms with Crippen molar-refractivity contribution in [3.05, 3.63) is 60.8 Å². The summed E-state index contributed by atoms with van der Waals surface area (Å²) < 4.78 is 30.3. The number of hydrogen-bond acceptors (Lipinski definition) is 7. The SMILES string of the molecule is CCCCC/C=C\C/C=C\C/C=C\CCCCCCCCC(=O)OC(/C=C/CCCCCCCCCCCC)C(COP(=O)([O-])OCC[N+](C)(C)C)NC(=O)CCCCCCCCC/C=C/CCCCCCCC. The molecule has 0 aromatic carbocycles. The van der Waals surface area contributed by atoms with Gasteiger partial charge in [-0.1, -0.05) is 236 Å². The Bertz CT molecular complexity index is 1450. The summed E-state index contributed by atoms with van der Waals surface area (Å²) >= 11 is 0. The van der Waals surface area contributed by atoms with Crippen LogP contribution in [0.4, 0.5) is 0 Å². The Kier molecular flexibility index (Phi) is 52.4. The molecule has 0 fully saturated rings. The molecular weight excluding hydrogens is 940 g/mol. The van der Waals surface area contributed by atoms with E-state index < -0.39 is 26.6 Å². The van der Waals surface area contributed by atoms with Crippen molar-refractivity contribution in [1.29, 1.82) is 0 Å². The molecule has 0 radical (unpaired) electrons. The lowest BCUT2D eigenvalue weighted by Gasteiger charge is -2.30. The molecule has 0 spiro atoms. The number of unbranched alkanes of at least 4 members (excludes halogenated alkanes) is 32. The van der Waals surface area contributed by atoms with E-state index in [2.05, 4.69) is 74.7 Å². The zero-order valence-electron chi connectivity index (χ0n) is 49.3. The summed E-state index contributed by atoms with van der Waals surface area (Å²) in [5, 5.41) is 3.02. The second kappa shape index (κ2) is 54.1. The smallest absolute Gasteiger partial charge is 0.306 e. The molecule has 0 aromatic heterocycles. The van der Waals surface area contributed by atoms with Crippen LogP contribution in [-0.2, 0) is 27.9 Å². The van der Waals surface area contributed by atoms with Gasteiger partial charge in [0.2, 0.25) is 5.91 Å². The highest BCUT2D eigenvalue weighted by Gasteiger charge is 2.27. The van der Waals surface area contributed by atoms with Gasteiger partial charge < -0.3 is 28.5 Å². The largest absolute Gasteiger partial charge is 0.756 e. The number of carbonyl (C=O) groups excluding carboxylic acids is 2. The monoisotopic (exact) mass is 1060 g/mol. The van der Waals surface area contributed by atoms with Crippen LogP contribution in [0.2, 0.25) is 0 Å². The lowest BCUT2D eigenvalue weighted by Crippen LogP contribution is -2.47. The highest BCUT2D eigenvalue weighted by atomic mass is 31.2. The Balaban J connectivity index is 5.29. The van der Waals surface area contributed by atoms with Crippen molar-refractivity contribution in [2.45, 2.75) is 296 Å². The first-order valence-corrected chi connectivity index (χ1v) is 32.6. The predicted octanol–water partition coefficient (Wildman–Crippen LogP) is 18.4. The molecule has 1 amide bonds. The number of nitrogens with zero attached hydrogens (tertiary/aromatic N) is 1. The molecule has 0 saturated heterocycles. The normalized spacial score (nSPS) is 14.1. The first-order valence-electron chi connectivity index (χ1n) is 31.1. The predicted molar refractivity (Wildman–Crippen MR) is 316 cm³/mol. The van der Waals surface area contributed by atoms with Crippen LogP contribution in [0, 0.1) is 0 Å². The van der Waals surface area contributed by atoms with Crippen LogP contribution >= 0.6 is 7.82 Å². The van der Waals surface area contributed by atoms with Gasteiger partial charge in [0.25, 0.3) is 7.82 Å². The van der Waals surface area contributed by atoms with Gasteiger partial charge >= 0.3 is 5.97 Å². The number of hydrogen-bond donors (Lipinski definition) is 1. The quantitative estimate of drug-likeness (QED) is 0.0212. The third-order valence-corrected chi connectivity index (χ3v) is 14.6. The second-order valence-corrected chi connectivity index (χ2v) is 23.6. The molecule has 0 rings (SSSR count). The van der Waals surface area contributed by atoms with Crippen molar-refractivity contribution in [2.24, 2.45) is 0 Å². The number of likely N-dealkylation sites (N-methyl/N-ethyl adjacent to an activating group) is 1. The van der Waals surface area contributed by atoms with Gasteiger partial charge in [-0.3, -0.25) is 14.2 Å². The van der Waals surface area contributed by atoms with E-state index in [1.165, 1.54) is 154 Å². The minimum absolute atomic E-state index is 0.0263. The number of carbonyl (C=O) groups is 2. The number of allylic oxidation sites excluding steroid dienone is 9. The lowest BCUT2D eigenvalue weighted by molar-refractivity contribution is -0.870. The second-order valence-electron chi connectivity index (χ2n) is 22.2. The summed E-state index contributed by atoms with van der Waals surface area (Å²) in [7, 11) is 1.17. The van der Waals surface area contributed by atoms with Crippen LogP contribution < -0.4 is 10.2 Å². The molecule has 10 heteroatoms. The Morgan fingerprint density at radius 3 is 1.27 bits per heavy atom. The van der Waals surface area contributed by atoms with Gasteiger partial charge in [-0.15, -0.1) is 0 Å². The summed E-state index contributed by atoms with van der Waals surface area (Å²) in [4.78, 5) is 40.0. The molecule has 0 aliphatic carbocycles. The molecule has 1 N–H and O–H groups in total. The van der Waals surface area contributed by atoms with E-state index in [1.54, 1.807) is 0 Å². The number of amides is 1. The molecule has 0 aliphatic heterocycles. The van der Waals surface area contributed by atoms with Gasteiger partial charge in [0.1, 0.15) is 19.3 Å². The highest BCUT2D eigenvalue weighted by molar-refractivity contribution is 7.45. The summed E-state index contributed by atoms with van der Waals surface area (Å²) in [6.45, 7) is 6.81. The van der Waals surface area contributed by atoms with Crippen LogP contribution in [0.5, 0.6) is 0 Å². The van der Waals surface area contributed by atoms with Gasteiger partial charge in [0, 0.05) is 12.8 Å². The molecule has 0 saturated carbocycles. The van der Waals surface area contributed by atoms with Crippen LogP contribution in [0.25, 0.3) is 0 Å². The van der Waals surface area contributed by atoms with E-state index in [0.717, 1.165) is 89.9 Å². The van der Waals surface area contributed by atoms with Gasteiger partial charge in [-0.25, -0.2) is 0 Å². The summed E-state index contributed by atoms with van der Waals surface area (Å²) in [5.41, 5.74) is 0. The molecule has 3 unspecified atom stereocenters. The molecule has 3 atom stereocenters. The fraction of sp³-hybridized carbons (Fsp3) is 0.812.